The van der Waals surface area contributed by atoms with Crippen LogP contribution in [0.25, 0.3) is 0 Å². The van der Waals surface area contributed by atoms with Gasteiger partial charge in [-0.1, -0.05) is 36.7 Å². The molecule has 3 nitrogen and oxygen atoms in total. The van der Waals surface area contributed by atoms with Gasteiger partial charge < -0.3 is 14.8 Å². The molecule has 0 radical (unpaired) electrons. The van der Waals surface area contributed by atoms with E-state index in [2.05, 4.69) is 12.2 Å². The summed E-state index contributed by atoms with van der Waals surface area (Å²) in [6.45, 7) is 3.09. The van der Waals surface area contributed by atoms with Gasteiger partial charge in [-0.25, -0.2) is 0 Å². The van der Waals surface area contributed by atoms with E-state index in [1.807, 2.05) is 30.3 Å². The molecular formula is C15H18ClNO2. The fourth-order valence-corrected chi connectivity index (χ4v) is 2.16. The molecule has 1 heterocycles. The van der Waals surface area contributed by atoms with E-state index in [0.717, 1.165) is 23.5 Å². The maximum Gasteiger partial charge on any atom is 0.117 e. The van der Waals surface area contributed by atoms with E-state index < -0.39 is 6.10 Å². The van der Waals surface area contributed by atoms with Gasteiger partial charge in [0.05, 0.1) is 12.6 Å². The highest BCUT2D eigenvalue weighted by molar-refractivity contribution is 6.31. The lowest BCUT2D eigenvalue weighted by Gasteiger charge is -2.13. The van der Waals surface area contributed by atoms with E-state index >= 15 is 0 Å². The molecular weight excluding hydrogens is 262 g/mol. The highest BCUT2D eigenvalue weighted by Gasteiger charge is 2.10. The van der Waals surface area contributed by atoms with Crippen LogP contribution in [-0.2, 0) is 13.0 Å². The summed E-state index contributed by atoms with van der Waals surface area (Å²) in [5.74, 6) is 1.85. The second-order valence-corrected chi connectivity index (χ2v) is 4.80. The van der Waals surface area contributed by atoms with E-state index in [-0.39, 0.29) is 0 Å². The molecule has 0 saturated carbocycles. The summed E-state index contributed by atoms with van der Waals surface area (Å²) in [5, 5.41) is 13.8. The highest BCUT2D eigenvalue weighted by Crippen LogP contribution is 2.21. The molecule has 0 aliphatic heterocycles. The monoisotopic (exact) mass is 279 g/mol. The minimum Gasteiger partial charge on any atom is -0.465 e. The average molecular weight is 280 g/mol. The van der Waals surface area contributed by atoms with Crippen LogP contribution in [0.4, 0.5) is 0 Å². The minimum absolute atomic E-state index is 0.436. The maximum atomic E-state index is 10.1. The Balaban J connectivity index is 1.84. The van der Waals surface area contributed by atoms with Crippen molar-refractivity contribution in [2.24, 2.45) is 0 Å². The van der Waals surface area contributed by atoms with Gasteiger partial charge in [0, 0.05) is 23.6 Å². The third-order valence-corrected chi connectivity index (χ3v) is 3.31. The Hall–Kier alpha value is -1.29. The number of furan rings is 1. The van der Waals surface area contributed by atoms with Gasteiger partial charge in [-0.2, -0.15) is 0 Å². The number of hydrogen-bond donors (Lipinski definition) is 2. The van der Waals surface area contributed by atoms with Gasteiger partial charge in [0.25, 0.3) is 0 Å². The summed E-state index contributed by atoms with van der Waals surface area (Å²) in [5.41, 5.74) is 0.741. The Morgan fingerprint density at radius 1 is 1.21 bits per heavy atom. The van der Waals surface area contributed by atoms with Gasteiger partial charge in [0.15, 0.2) is 0 Å². The molecule has 19 heavy (non-hydrogen) atoms. The number of benzene rings is 1. The van der Waals surface area contributed by atoms with Crippen molar-refractivity contribution in [1.82, 2.24) is 5.32 Å². The molecule has 0 saturated heterocycles. The summed E-state index contributed by atoms with van der Waals surface area (Å²) in [6, 6.07) is 11.2. The van der Waals surface area contributed by atoms with Crippen LogP contribution in [0.2, 0.25) is 5.02 Å². The van der Waals surface area contributed by atoms with Crippen LogP contribution < -0.4 is 5.32 Å². The molecule has 1 unspecified atom stereocenters. The van der Waals surface area contributed by atoms with Gasteiger partial charge in [-0.05, 0) is 18.2 Å². The van der Waals surface area contributed by atoms with Gasteiger partial charge in [-0.15, -0.1) is 0 Å². The van der Waals surface area contributed by atoms with Crippen LogP contribution >= 0.6 is 11.6 Å². The molecule has 0 aliphatic carbocycles. The average Bonchev–Trinajstić information content (AvgIpc) is 2.87. The first kappa shape index (κ1) is 14.1. The number of hydrogen-bond acceptors (Lipinski definition) is 3. The van der Waals surface area contributed by atoms with Crippen LogP contribution in [0, 0.1) is 0 Å². The Morgan fingerprint density at radius 3 is 2.63 bits per heavy atom. The summed E-state index contributed by atoms with van der Waals surface area (Å²) < 4.78 is 5.57. The lowest BCUT2D eigenvalue weighted by atomic mass is 10.1. The fourth-order valence-electron chi connectivity index (χ4n) is 1.89. The third kappa shape index (κ3) is 3.83. The molecule has 2 N–H and O–H groups in total. The summed E-state index contributed by atoms with van der Waals surface area (Å²) >= 11 is 6.03. The van der Waals surface area contributed by atoms with E-state index in [0.29, 0.717) is 18.1 Å². The highest BCUT2D eigenvalue weighted by atomic mass is 35.5. The zero-order valence-corrected chi connectivity index (χ0v) is 11.7. The van der Waals surface area contributed by atoms with Gasteiger partial charge in [0.2, 0.25) is 0 Å². The van der Waals surface area contributed by atoms with Crippen LogP contribution in [0.1, 0.15) is 30.1 Å². The number of aryl methyl sites for hydroxylation is 1. The van der Waals surface area contributed by atoms with Crippen LogP contribution in [0.5, 0.6) is 0 Å². The SMILES string of the molecule is CCc1ccc(CNCC(O)c2ccccc2Cl)o1. The smallest absolute Gasteiger partial charge is 0.117 e. The fraction of sp³-hybridized carbons (Fsp3) is 0.333. The van der Waals surface area contributed by atoms with Crippen molar-refractivity contribution in [1.29, 1.82) is 0 Å². The molecule has 0 amide bonds. The second-order valence-electron chi connectivity index (χ2n) is 4.39. The van der Waals surface area contributed by atoms with Crippen molar-refractivity contribution >= 4 is 11.6 Å². The predicted molar refractivity (Wildman–Crippen MR) is 76.2 cm³/mol. The van der Waals surface area contributed by atoms with E-state index in [4.69, 9.17) is 16.0 Å². The zero-order valence-electron chi connectivity index (χ0n) is 10.9. The van der Waals surface area contributed by atoms with Gasteiger partial charge >= 0.3 is 0 Å². The molecule has 2 aromatic rings. The van der Waals surface area contributed by atoms with Gasteiger partial charge in [0.1, 0.15) is 11.5 Å². The van der Waals surface area contributed by atoms with Gasteiger partial charge in [-0.3, -0.25) is 0 Å². The molecule has 1 atom stereocenters. The molecule has 0 aliphatic rings. The van der Waals surface area contributed by atoms with Crippen molar-refractivity contribution in [3.8, 4) is 0 Å². The Kier molecular flexibility index (Phi) is 5.02. The number of rotatable bonds is 6. The first-order valence-electron chi connectivity index (χ1n) is 6.41. The Bertz CT molecular complexity index is 524. The molecule has 0 fully saturated rings. The topological polar surface area (TPSA) is 45.4 Å². The van der Waals surface area contributed by atoms with Crippen molar-refractivity contribution in [2.45, 2.75) is 26.0 Å². The van der Waals surface area contributed by atoms with E-state index in [9.17, 15) is 5.11 Å². The van der Waals surface area contributed by atoms with Crippen molar-refractivity contribution in [2.75, 3.05) is 6.54 Å². The van der Waals surface area contributed by atoms with E-state index in [1.165, 1.54) is 0 Å². The number of nitrogens with one attached hydrogen (secondary N) is 1. The largest absolute Gasteiger partial charge is 0.465 e. The summed E-state index contributed by atoms with van der Waals surface area (Å²) in [6.07, 6.45) is 0.275. The molecule has 0 bridgehead atoms. The van der Waals surface area contributed by atoms with Crippen molar-refractivity contribution < 1.29 is 9.52 Å². The zero-order chi connectivity index (χ0) is 13.7. The number of halogens is 1. The quantitative estimate of drug-likeness (QED) is 0.853. The normalized spacial score (nSPS) is 12.6. The third-order valence-electron chi connectivity index (χ3n) is 2.97. The van der Waals surface area contributed by atoms with Crippen molar-refractivity contribution in [3.05, 3.63) is 58.5 Å². The number of aliphatic hydroxyl groups excluding tert-OH is 1. The lowest BCUT2D eigenvalue weighted by molar-refractivity contribution is 0.173. The molecule has 102 valence electrons. The molecule has 1 aromatic carbocycles. The second kappa shape index (κ2) is 6.75. The first-order valence-corrected chi connectivity index (χ1v) is 6.79. The minimum atomic E-state index is -0.616. The summed E-state index contributed by atoms with van der Waals surface area (Å²) in [4.78, 5) is 0. The van der Waals surface area contributed by atoms with E-state index in [1.54, 1.807) is 6.07 Å². The first-order chi connectivity index (χ1) is 9.20. The maximum absolute atomic E-state index is 10.1. The Labute approximate surface area is 118 Å². The van der Waals surface area contributed by atoms with Crippen LogP contribution in [-0.4, -0.2) is 11.7 Å². The predicted octanol–water partition coefficient (Wildman–Crippen LogP) is 3.32. The lowest BCUT2D eigenvalue weighted by Crippen LogP contribution is -2.21. The summed E-state index contributed by atoms with van der Waals surface area (Å²) in [7, 11) is 0. The Morgan fingerprint density at radius 2 is 1.95 bits per heavy atom. The van der Waals surface area contributed by atoms with Crippen LogP contribution in [0.3, 0.4) is 0 Å². The van der Waals surface area contributed by atoms with Crippen LogP contribution in [0.15, 0.2) is 40.8 Å². The standard InChI is InChI=1S/C15H18ClNO2/c1-2-11-7-8-12(19-11)9-17-10-15(18)13-5-3-4-6-14(13)16/h3-8,15,17-18H,2,9-10H2,1H3. The molecule has 1 aromatic heterocycles. The molecule has 0 spiro atoms. The number of aliphatic hydroxyl groups is 1. The molecule has 2 rings (SSSR count). The van der Waals surface area contributed by atoms with Crippen molar-refractivity contribution in [3.63, 3.8) is 0 Å². The molecule has 4 heteroatoms.